The van der Waals surface area contributed by atoms with Crippen LogP contribution in [0, 0.1) is 11.3 Å². The molecule has 1 aromatic heterocycles. The summed E-state index contributed by atoms with van der Waals surface area (Å²) in [4.78, 5) is 13.5. The quantitative estimate of drug-likeness (QED) is 0.830. The number of carbonyl (C=O) groups excluding carboxylic acids is 1. The number of rotatable bonds is 5. The maximum absolute atomic E-state index is 11.9. The van der Waals surface area contributed by atoms with Crippen LogP contribution in [0.5, 0.6) is 0 Å². The fourth-order valence-corrected chi connectivity index (χ4v) is 1.83. The molecule has 0 saturated heterocycles. The molecule has 0 saturated carbocycles. The van der Waals surface area contributed by atoms with Gasteiger partial charge in [0.25, 0.3) is 0 Å². The lowest BCUT2D eigenvalue weighted by molar-refractivity contribution is -0.129. The van der Waals surface area contributed by atoms with E-state index in [1.807, 2.05) is 42.6 Å². The van der Waals surface area contributed by atoms with E-state index < -0.39 is 0 Å². The van der Waals surface area contributed by atoms with E-state index in [0.29, 0.717) is 19.4 Å². The van der Waals surface area contributed by atoms with Gasteiger partial charge in [-0.3, -0.25) is 4.79 Å². The molecule has 102 valence electrons. The van der Waals surface area contributed by atoms with Crippen LogP contribution in [0.25, 0.3) is 5.69 Å². The van der Waals surface area contributed by atoms with Crippen LogP contribution in [0.4, 0.5) is 0 Å². The smallest absolute Gasteiger partial charge is 0.226 e. The van der Waals surface area contributed by atoms with Crippen LogP contribution in [0.15, 0.2) is 42.7 Å². The van der Waals surface area contributed by atoms with E-state index in [1.54, 1.807) is 22.8 Å². The first-order valence-corrected chi connectivity index (χ1v) is 6.40. The average Bonchev–Trinajstić information content (AvgIpc) is 2.94. The Hall–Kier alpha value is -2.61. The maximum atomic E-state index is 11.9. The topological polar surface area (TPSA) is 61.9 Å². The molecule has 0 N–H and O–H groups in total. The van der Waals surface area contributed by atoms with Crippen molar-refractivity contribution >= 4 is 5.91 Å². The molecule has 1 amide bonds. The van der Waals surface area contributed by atoms with Gasteiger partial charge >= 0.3 is 0 Å². The van der Waals surface area contributed by atoms with Gasteiger partial charge in [0.2, 0.25) is 5.91 Å². The van der Waals surface area contributed by atoms with E-state index in [4.69, 9.17) is 5.26 Å². The molecule has 2 aromatic rings. The lowest BCUT2D eigenvalue weighted by atomic mass is 10.2. The summed E-state index contributed by atoms with van der Waals surface area (Å²) >= 11 is 0. The number of likely N-dealkylation sites (N-methyl/N-ethyl adjacent to an activating group) is 1. The first-order valence-electron chi connectivity index (χ1n) is 6.40. The van der Waals surface area contributed by atoms with Gasteiger partial charge in [-0.2, -0.15) is 10.4 Å². The number of amides is 1. The Bertz CT molecular complexity index is 612. The number of benzene rings is 1. The molecule has 0 radical (unpaired) electrons. The minimum absolute atomic E-state index is 0.00661. The highest BCUT2D eigenvalue weighted by Crippen LogP contribution is 2.08. The lowest BCUT2D eigenvalue weighted by Gasteiger charge is -2.14. The molecule has 5 nitrogen and oxygen atoms in total. The van der Waals surface area contributed by atoms with Gasteiger partial charge in [-0.15, -0.1) is 0 Å². The minimum atomic E-state index is -0.00661. The highest BCUT2D eigenvalue weighted by atomic mass is 16.2. The van der Waals surface area contributed by atoms with Gasteiger partial charge in [0.15, 0.2) is 0 Å². The third kappa shape index (κ3) is 3.45. The maximum Gasteiger partial charge on any atom is 0.226 e. The first-order chi connectivity index (χ1) is 9.70. The first kappa shape index (κ1) is 13.8. The molecule has 0 bridgehead atoms. The van der Waals surface area contributed by atoms with Crippen LogP contribution in [0.3, 0.4) is 0 Å². The Morgan fingerprint density at radius 2 is 2.15 bits per heavy atom. The summed E-state index contributed by atoms with van der Waals surface area (Å²) < 4.78 is 1.75. The second-order valence-electron chi connectivity index (χ2n) is 4.53. The summed E-state index contributed by atoms with van der Waals surface area (Å²) in [7, 11) is 1.71. The largest absolute Gasteiger partial charge is 0.344 e. The van der Waals surface area contributed by atoms with Crippen molar-refractivity contribution in [2.24, 2.45) is 0 Å². The number of hydrogen-bond donors (Lipinski definition) is 0. The third-order valence-corrected chi connectivity index (χ3v) is 3.00. The van der Waals surface area contributed by atoms with Gasteiger partial charge in [-0.1, -0.05) is 18.2 Å². The molecule has 0 fully saturated rings. The number of para-hydroxylation sites is 1. The van der Waals surface area contributed by atoms with E-state index in [9.17, 15) is 4.79 Å². The predicted octanol–water partition coefficient (Wildman–Crippen LogP) is 1.79. The molecule has 0 unspecified atom stereocenters. The zero-order valence-corrected chi connectivity index (χ0v) is 11.4. The van der Waals surface area contributed by atoms with Crippen molar-refractivity contribution in [1.29, 1.82) is 5.26 Å². The van der Waals surface area contributed by atoms with Gasteiger partial charge in [0.1, 0.15) is 0 Å². The van der Waals surface area contributed by atoms with E-state index in [0.717, 1.165) is 11.3 Å². The van der Waals surface area contributed by atoms with Crippen molar-refractivity contribution in [3.8, 4) is 11.8 Å². The standard InChI is InChI=1S/C15H16N4O/c1-18(9-5-8-16)15(20)10-13-11-17-19(12-13)14-6-3-2-4-7-14/h2-4,6-7,11-12H,5,9-10H2,1H3. The average molecular weight is 268 g/mol. The number of nitrogens with zero attached hydrogens (tertiary/aromatic N) is 4. The molecule has 1 heterocycles. The summed E-state index contributed by atoms with van der Waals surface area (Å²) in [5, 5.41) is 12.8. The Morgan fingerprint density at radius 1 is 1.40 bits per heavy atom. The fraction of sp³-hybridized carbons (Fsp3) is 0.267. The summed E-state index contributed by atoms with van der Waals surface area (Å²) in [5.41, 5.74) is 1.83. The van der Waals surface area contributed by atoms with Crippen LogP contribution in [-0.2, 0) is 11.2 Å². The second-order valence-corrected chi connectivity index (χ2v) is 4.53. The molecule has 0 aliphatic heterocycles. The minimum Gasteiger partial charge on any atom is -0.344 e. The van der Waals surface area contributed by atoms with Gasteiger partial charge < -0.3 is 4.90 Å². The van der Waals surface area contributed by atoms with Crippen LogP contribution in [0.1, 0.15) is 12.0 Å². The zero-order chi connectivity index (χ0) is 14.4. The molecule has 0 atom stereocenters. The fourth-order valence-electron chi connectivity index (χ4n) is 1.83. The Kier molecular flexibility index (Phi) is 4.51. The Morgan fingerprint density at radius 3 is 2.85 bits per heavy atom. The number of carbonyl (C=O) groups is 1. The van der Waals surface area contributed by atoms with E-state index in [-0.39, 0.29) is 5.91 Å². The normalized spacial score (nSPS) is 10.0. The molecule has 2 rings (SSSR count). The molecular weight excluding hydrogens is 252 g/mol. The molecule has 20 heavy (non-hydrogen) atoms. The van der Waals surface area contributed by atoms with Crippen molar-refractivity contribution < 1.29 is 4.79 Å². The van der Waals surface area contributed by atoms with Crippen molar-refractivity contribution in [3.05, 3.63) is 48.3 Å². The predicted molar refractivity (Wildman–Crippen MR) is 75.1 cm³/mol. The molecule has 1 aromatic carbocycles. The van der Waals surface area contributed by atoms with Gasteiger partial charge in [-0.25, -0.2) is 4.68 Å². The second kappa shape index (κ2) is 6.53. The van der Waals surface area contributed by atoms with Crippen molar-refractivity contribution in [3.63, 3.8) is 0 Å². The van der Waals surface area contributed by atoms with Crippen LogP contribution in [-0.4, -0.2) is 34.2 Å². The lowest BCUT2D eigenvalue weighted by Crippen LogP contribution is -2.28. The Labute approximate surface area is 118 Å². The number of aromatic nitrogens is 2. The summed E-state index contributed by atoms with van der Waals surface area (Å²) in [6.45, 7) is 0.460. The van der Waals surface area contributed by atoms with Crippen LogP contribution in [0.2, 0.25) is 0 Å². The summed E-state index contributed by atoms with van der Waals surface area (Å²) in [5.74, 6) is -0.00661. The summed E-state index contributed by atoms with van der Waals surface area (Å²) in [6, 6.07) is 11.8. The monoisotopic (exact) mass is 268 g/mol. The van der Waals surface area contributed by atoms with Gasteiger partial charge in [0, 0.05) is 19.8 Å². The number of hydrogen-bond acceptors (Lipinski definition) is 3. The highest BCUT2D eigenvalue weighted by Gasteiger charge is 2.11. The van der Waals surface area contributed by atoms with E-state index in [2.05, 4.69) is 5.10 Å². The molecule has 0 aliphatic carbocycles. The van der Waals surface area contributed by atoms with Gasteiger partial charge in [0.05, 0.1) is 30.8 Å². The molecule has 5 heteroatoms. The molecular formula is C15H16N4O. The van der Waals surface area contributed by atoms with Crippen LogP contribution >= 0.6 is 0 Å². The van der Waals surface area contributed by atoms with Crippen molar-refractivity contribution in [2.45, 2.75) is 12.8 Å². The van der Waals surface area contributed by atoms with Gasteiger partial charge in [-0.05, 0) is 17.7 Å². The number of nitriles is 1. The zero-order valence-electron chi connectivity index (χ0n) is 11.4. The van der Waals surface area contributed by atoms with Crippen LogP contribution < -0.4 is 0 Å². The van der Waals surface area contributed by atoms with E-state index in [1.165, 1.54) is 0 Å². The third-order valence-electron chi connectivity index (χ3n) is 3.00. The van der Waals surface area contributed by atoms with E-state index >= 15 is 0 Å². The van der Waals surface area contributed by atoms with Crippen molar-refractivity contribution in [2.75, 3.05) is 13.6 Å². The molecule has 0 aliphatic rings. The SMILES string of the molecule is CN(CCC#N)C(=O)Cc1cnn(-c2ccccc2)c1. The van der Waals surface area contributed by atoms with Crippen molar-refractivity contribution in [1.82, 2.24) is 14.7 Å². The molecule has 0 spiro atoms. The summed E-state index contributed by atoms with van der Waals surface area (Å²) in [6.07, 6.45) is 4.20. The highest BCUT2D eigenvalue weighted by molar-refractivity contribution is 5.78. The Balaban J connectivity index is 2.00.